The third-order valence-electron chi connectivity index (χ3n) is 4.11. The molecule has 1 aromatic rings. The van der Waals surface area contributed by atoms with Crippen molar-refractivity contribution in [2.45, 2.75) is 31.8 Å². The number of benzene rings is 1. The molecule has 2 nitrogen and oxygen atoms in total. The van der Waals surface area contributed by atoms with E-state index in [1.807, 2.05) is 6.08 Å². The largest absolute Gasteiger partial charge is 0.311 e. The van der Waals surface area contributed by atoms with Crippen LogP contribution in [-0.4, -0.2) is 30.6 Å². The van der Waals surface area contributed by atoms with Crippen molar-refractivity contribution in [3.8, 4) is 0 Å². The van der Waals surface area contributed by atoms with Crippen molar-refractivity contribution < 1.29 is 0 Å². The van der Waals surface area contributed by atoms with Gasteiger partial charge in [0, 0.05) is 25.7 Å². The first kappa shape index (κ1) is 13.3. The summed E-state index contributed by atoms with van der Waals surface area (Å²) in [5.41, 5.74) is 1.45. The molecule has 98 valence electrons. The summed E-state index contributed by atoms with van der Waals surface area (Å²) in [6.45, 7) is 11.5. The van der Waals surface area contributed by atoms with Crippen LogP contribution in [0.3, 0.4) is 0 Å². The maximum atomic E-state index is 3.90. The first-order valence-electron chi connectivity index (χ1n) is 6.85. The minimum absolute atomic E-state index is 0.0706. The van der Waals surface area contributed by atoms with E-state index in [1.165, 1.54) is 12.0 Å². The van der Waals surface area contributed by atoms with E-state index in [2.05, 4.69) is 61.0 Å². The van der Waals surface area contributed by atoms with Gasteiger partial charge in [-0.1, -0.05) is 43.3 Å². The van der Waals surface area contributed by atoms with Crippen LogP contribution in [0.25, 0.3) is 0 Å². The number of nitrogens with zero attached hydrogens (tertiary/aromatic N) is 1. The molecule has 0 amide bonds. The van der Waals surface area contributed by atoms with Gasteiger partial charge in [0.15, 0.2) is 0 Å². The Bertz CT molecular complexity index is 387. The Kier molecular flexibility index (Phi) is 4.20. The summed E-state index contributed by atoms with van der Waals surface area (Å²) in [7, 11) is 0. The fourth-order valence-electron chi connectivity index (χ4n) is 2.77. The molecule has 2 heteroatoms. The molecule has 1 saturated heterocycles. The van der Waals surface area contributed by atoms with E-state index in [1.54, 1.807) is 0 Å². The molecular formula is C16H24N2. The smallest absolute Gasteiger partial charge is 0.0560 e. The second-order valence-corrected chi connectivity index (χ2v) is 5.32. The van der Waals surface area contributed by atoms with Crippen LogP contribution in [-0.2, 0) is 5.54 Å². The average Bonchev–Trinajstić information content (AvgIpc) is 2.42. The van der Waals surface area contributed by atoms with Gasteiger partial charge in [0.25, 0.3) is 0 Å². The summed E-state index contributed by atoms with van der Waals surface area (Å²) in [6.07, 6.45) is 3.19. The Hall–Kier alpha value is -1.12. The highest BCUT2D eigenvalue weighted by molar-refractivity contribution is 5.25. The highest BCUT2D eigenvalue weighted by atomic mass is 15.3. The monoisotopic (exact) mass is 244 g/mol. The van der Waals surface area contributed by atoms with Gasteiger partial charge < -0.3 is 5.32 Å². The maximum Gasteiger partial charge on any atom is 0.0560 e. The summed E-state index contributed by atoms with van der Waals surface area (Å²) in [6, 6.07) is 11.4. The molecular weight excluding hydrogens is 220 g/mol. The highest BCUT2D eigenvalue weighted by Gasteiger charge is 2.37. The predicted molar refractivity (Wildman–Crippen MR) is 77.6 cm³/mol. The van der Waals surface area contributed by atoms with Crippen LogP contribution in [0.15, 0.2) is 43.0 Å². The lowest BCUT2D eigenvalue weighted by atomic mass is 9.86. The van der Waals surface area contributed by atoms with Crippen molar-refractivity contribution in [1.82, 2.24) is 10.2 Å². The normalized spacial score (nSPS) is 29.1. The van der Waals surface area contributed by atoms with Gasteiger partial charge in [-0.3, -0.25) is 4.90 Å². The fraction of sp³-hybridized carbons (Fsp3) is 0.500. The maximum absolute atomic E-state index is 3.90. The topological polar surface area (TPSA) is 15.3 Å². The van der Waals surface area contributed by atoms with Crippen molar-refractivity contribution in [3.63, 3.8) is 0 Å². The molecule has 0 radical (unpaired) electrons. The van der Waals surface area contributed by atoms with E-state index in [0.717, 1.165) is 19.6 Å². The molecule has 2 unspecified atom stereocenters. The minimum atomic E-state index is 0.0706. The SMILES string of the molecule is C=CCN1CC(CC)NCC1(C)c1ccccc1. The number of hydrogen-bond donors (Lipinski definition) is 1. The van der Waals surface area contributed by atoms with Gasteiger partial charge in [0.2, 0.25) is 0 Å². The molecule has 1 aromatic carbocycles. The second-order valence-electron chi connectivity index (χ2n) is 5.32. The number of rotatable bonds is 4. The third kappa shape index (κ3) is 2.50. The summed E-state index contributed by atoms with van der Waals surface area (Å²) >= 11 is 0. The van der Waals surface area contributed by atoms with E-state index < -0.39 is 0 Å². The molecule has 1 aliphatic rings. The summed E-state index contributed by atoms with van der Waals surface area (Å²) in [5, 5.41) is 3.67. The van der Waals surface area contributed by atoms with Crippen molar-refractivity contribution in [2.75, 3.05) is 19.6 Å². The van der Waals surface area contributed by atoms with Crippen LogP contribution in [0.4, 0.5) is 0 Å². The fourth-order valence-corrected chi connectivity index (χ4v) is 2.77. The van der Waals surface area contributed by atoms with E-state index in [9.17, 15) is 0 Å². The number of hydrogen-bond acceptors (Lipinski definition) is 2. The van der Waals surface area contributed by atoms with Crippen LogP contribution < -0.4 is 5.32 Å². The molecule has 1 aliphatic heterocycles. The summed E-state index contributed by atoms with van der Waals surface area (Å²) in [5.74, 6) is 0. The van der Waals surface area contributed by atoms with E-state index in [0.29, 0.717) is 6.04 Å². The molecule has 18 heavy (non-hydrogen) atoms. The molecule has 0 spiro atoms. The molecule has 2 atom stereocenters. The summed E-state index contributed by atoms with van der Waals surface area (Å²) in [4.78, 5) is 2.54. The van der Waals surface area contributed by atoms with Gasteiger partial charge in [-0.05, 0) is 18.9 Å². The van der Waals surface area contributed by atoms with E-state index >= 15 is 0 Å². The van der Waals surface area contributed by atoms with Gasteiger partial charge in [-0.2, -0.15) is 0 Å². The third-order valence-corrected chi connectivity index (χ3v) is 4.11. The van der Waals surface area contributed by atoms with Gasteiger partial charge in [0.05, 0.1) is 5.54 Å². The van der Waals surface area contributed by atoms with Crippen molar-refractivity contribution in [1.29, 1.82) is 0 Å². The first-order valence-corrected chi connectivity index (χ1v) is 6.85. The quantitative estimate of drug-likeness (QED) is 0.819. The van der Waals surface area contributed by atoms with Crippen LogP contribution in [0.5, 0.6) is 0 Å². The lowest BCUT2D eigenvalue weighted by molar-refractivity contribution is 0.0607. The zero-order chi connectivity index (χ0) is 13.0. The predicted octanol–water partition coefficient (Wildman–Crippen LogP) is 2.77. The zero-order valence-electron chi connectivity index (χ0n) is 11.5. The Labute approximate surface area is 111 Å². The van der Waals surface area contributed by atoms with Gasteiger partial charge >= 0.3 is 0 Å². The molecule has 2 rings (SSSR count). The zero-order valence-corrected chi connectivity index (χ0v) is 11.5. The summed E-state index contributed by atoms with van der Waals surface area (Å²) < 4.78 is 0. The molecule has 0 aliphatic carbocycles. The molecule has 1 fully saturated rings. The number of nitrogens with one attached hydrogen (secondary N) is 1. The van der Waals surface area contributed by atoms with Crippen LogP contribution in [0.1, 0.15) is 25.8 Å². The number of piperazine rings is 1. The standard InChI is InChI=1S/C16H24N2/c1-4-11-18-12-15(5-2)17-13-16(18,3)14-9-7-6-8-10-14/h4,6-10,15,17H,1,5,11-13H2,2-3H3. The van der Waals surface area contributed by atoms with E-state index in [-0.39, 0.29) is 5.54 Å². The lowest BCUT2D eigenvalue weighted by Gasteiger charge is -2.48. The molecule has 1 N–H and O–H groups in total. The average molecular weight is 244 g/mol. The second kappa shape index (κ2) is 5.68. The Morgan fingerprint density at radius 3 is 2.78 bits per heavy atom. The van der Waals surface area contributed by atoms with Gasteiger partial charge in [0.1, 0.15) is 0 Å². The van der Waals surface area contributed by atoms with Crippen molar-refractivity contribution >= 4 is 0 Å². The first-order chi connectivity index (χ1) is 8.70. The minimum Gasteiger partial charge on any atom is -0.311 e. The Balaban J connectivity index is 2.26. The van der Waals surface area contributed by atoms with Crippen LogP contribution in [0.2, 0.25) is 0 Å². The molecule has 0 aromatic heterocycles. The van der Waals surface area contributed by atoms with E-state index in [4.69, 9.17) is 0 Å². The van der Waals surface area contributed by atoms with Crippen LogP contribution >= 0.6 is 0 Å². The van der Waals surface area contributed by atoms with Crippen LogP contribution in [0, 0.1) is 0 Å². The molecule has 0 bridgehead atoms. The Morgan fingerprint density at radius 1 is 1.44 bits per heavy atom. The molecule has 1 heterocycles. The molecule has 0 saturated carbocycles. The van der Waals surface area contributed by atoms with Gasteiger partial charge in [-0.15, -0.1) is 6.58 Å². The Morgan fingerprint density at radius 2 is 2.17 bits per heavy atom. The highest BCUT2D eigenvalue weighted by Crippen LogP contribution is 2.30. The van der Waals surface area contributed by atoms with Gasteiger partial charge in [-0.25, -0.2) is 0 Å². The lowest BCUT2D eigenvalue weighted by Crippen LogP contribution is -2.61. The van der Waals surface area contributed by atoms with Crippen molar-refractivity contribution in [2.24, 2.45) is 0 Å². The van der Waals surface area contributed by atoms with Crippen molar-refractivity contribution in [3.05, 3.63) is 48.6 Å².